The van der Waals surface area contributed by atoms with Gasteiger partial charge in [-0.25, -0.2) is 0 Å². The highest BCUT2D eigenvalue weighted by Gasteiger charge is 2.11. The lowest BCUT2D eigenvalue weighted by Crippen LogP contribution is -1.96. The van der Waals surface area contributed by atoms with Crippen molar-refractivity contribution < 1.29 is 9.84 Å². The van der Waals surface area contributed by atoms with E-state index in [4.69, 9.17) is 4.74 Å². The van der Waals surface area contributed by atoms with Crippen molar-refractivity contribution in [1.29, 1.82) is 0 Å². The van der Waals surface area contributed by atoms with E-state index in [-0.39, 0.29) is 0 Å². The molecule has 0 amide bonds. The molecule has 2 rings (SSSR count). The second-order valence-corrected chi connectivity index (χ2v) is 4.94. The van der Waals surface area contributed by atoms with Crippen molar-refractivity contribution in [1.82, 2.24) is 0 Å². The highest BCUT2D eigenvalue weighted by Crippen LogP contribution is 2.28. The summed E-state index contributed by atoms with van der Waals surface area (Å²) in [5.74, 6) is 0.804. The molecule has 1 heterocycles. The number of aliphatic hydroxyl groups excluding tert-OH is 1. The molecule has 0 radical (unpaired) electrons. The van der Waals surface area contributed by atoms with Crippen LogP contribution in [-0.4, -0.2) is 12.2 Å². The lowest BCUT2D eigenvalue weighted by molar-refractivity contribution is 0.224. The number of methoxy groups -OCH3 is 1. The highest BCUT2D eigenvalue weighted by molar-refractivity contribution is 7.12. The molecule has 1 N–H and O–H groups in total. The van der Waals surface area contributed by atoms with Crippen molar-refractivity contribution in [3.63, 3.8) is 0 Å². The van der Waals surface area contributed by atoms with Gasteiger partial charge in [0.2, 0.25) is 0 Å². The number of hydrogen-bond acceptors (Lipinski definition) is 3. The van der Waals surface area contributed by atoms with Crippen LogP contribution in [0.15, 0.2) is 36.4 Å². The van der Waals surface area contributed by atoms with Gasteiger partial charge >= 0.3 is 0 Å². The van der Waals surface area contributed by atoms with E-state index >= 15 is 0 Å². The van der Waals surface area contributed by atoms with Crippen molar-refractivity contribution in [2.75, 3.05) is 7.11 Å². The lowest BCUT2D eigenvalue weighted by Gasteiger charge is -2.09. The molecule has 0 aliphatic heterocycles. The Hall–Kier alpha value is -1.32. The van der Waals surface area contributed by atoms with E-state index < -0.39 is 6.10 Å². The van der Waals surface area contributed by atoms with Crippen LogP contribution in [0, 0.1) is 6.92 Å². The summed E-state index contributed by atoms with van der Waals surface area (Å²) >= 11 is 1.62. The monoisotopic (exact) mass is 234 g/mol. The Balaban J connectivity index is 2.23. The maximum absolute atomic E-state index is 10.1. The van der Waals surface area contributed by atoms with Gasteiger partial charge in [-0.2, -0.15) is 0 Å². The molecule has 3 heteroatoms. The number of thiophene rings is 1. The number of aryl methyl sites for hydroxylation is 1. The summed E-state index contributed by atoms with van der Waals surface area (Å²) in [6.07, 6.45) is -0.537. The Morgan fingerprint density at radius 1 is 1.12 bits per heavy atom. The van der Waals surface area contributed by atoms with Crippen LogP contribution in [0.25, 0.3) is 0 Å². The average Bonchev–Trinajstić information content (AvgIpc) is 2.75. The number of rotatable bonds is 3. The maximum atomic E-state index is 10.1. The molecule has 0 aliphatic rings. The highest BCUT2D eigenvalue weighted by atomic mass is 32.1. The molecule has 84 valence electrons. The Labute approximate surface area is 99.1 Å². The normalized spacial score (nSPS) is 12.4. The van der Waals surface area contributed by atoms with Gasteiger partial charge in [0.15, 0.2) is 0 Å². The van der Waals surface area contributed by atoms with Gasteiger partial charge in [-0.3, -0.25) is 0 Å². The zero-order chi connectivity index (χ0) is 11.5. The molecule has 1 aromatic heterocycles. The van der Waals surface area contributed by atoms with Gasteiger partial charge < -0.3 is 9.84 Å². The summed E-state index contributed by atoms with van der Waals surface area (Å²) in [7, 11) is 1.63. The van der Waals surface area contributed by atoms with E-state index in [1.165, 1.54) is 4.88 Å². The number of benzene rings is 1. The predicted molar refractivity (Wildman–Crippen MR) is 66.1 cm³/mol. The molecule has 0 aliphatic carbocycles. The molecule has 2 aromatic rings. The molecule has 2 nitrogen and oxygen atoms in total. The molecule has 1 aromatic carbocycles. The summed E-state index contributed by atoms with van der Waals surface area (Å²) in [6, 6.07) is 11.5. The number of hydrogen-bond donors (Lipinski definition) is 1. The van der Waals surface area contributed by atoms with Crippen molar-refractivity contribution in [3.8, 4) is 5.75 Å². The smallest absolute Gasteiger partial charge is 0.118 e. The average molecular weight is 234 g/mol. The Kier molecular flexibility index (Phi) is 3.27. The minimum atomic E-state index is -0.537. The summed E-state index contributed by atoms with van der Waals surface area (Å²) in [4.78, 5) is 2.19. The molecule has 0 saturated heterocycles. The topological polar surface area (TPSA) is 29.5 Å². The second kappa shape index (κ2) is 4.68. The van der Waals surface area contributed by atoms with Crippen molar-refractivity contribution >= 4 is 11.3 Å². The first-order chi connectivity index (χ1) is 7.70. The van der Waals surface area contributed by atoms with E-state index in [1.807, 2.05) is 43.3 Å². The van der Waals surface area contributed by atoms with Crippen molar-refractivity contribution in [2.45, 2.75) is 13.0 Å². The SMILES string of the molecule is COc1ccc([C@H](O)c2ccc(C)s2)cc1. The Bertz CT molecular complexity index is 459. The molecule has 0 bridgehead atoms. The summed E-state index contributed by atoms with van der Waals surface area (Å²) in [5, 5.41) is 10.1. The van der Waals surface area contributed by atoms with Gasteiger partial charge in [0.25, 0.3) is 0 Å². The number of ether oxygens (including phenoxy) is 1. The number of aliphatic hydroxyl groups is 1. The van der Waals surface area contributed by atoms with Crippen LogP contribution in [-0.2, 0) is 0 Å². The summed E-state index contributed by atoms with van der Waals surface area (Å²) in [5.41, 5.74) is 0.891. The minimum absolute atomic E-state index is 0.537. The van der Waals surface area contributed by atoms with Crippen LogP contribution in [0.3, 0.4) is 0 Å². The predicted octanol–water partition coefficient (Wildman–Crippen LogP) is 3.15. The molecular weight excluding hydrogens is 220 g/mol. The van der Waals surface area contributed by atoms with E-state index in [0.29, 0.717) is 0 Å². The molecule has 0 fully saturated rings. The Morgan fingerprint density at radius 2 is 1.81 bits per heavy atom. The van der Waals surface area contributed by atoms with Gasteiger partial charge in [0, 0.05) is 9.75 Å². The maximum Gasteiger partial charge on any atom is 0.118 e. The van der Waals surface area contributed by atoms with Crippen molar-refractivity contribution in [2.24, 2.45) is 0 Å². The third-order valence-corrected chi connectivity index (χ3v) is 3.52. The second-order valence-electron chi connectivity index (χ2n) is 3.62. The molecular formula is C13H14O2S. The van der Waals surface area contributed by atoms with Gasteiger partial charge in [-0.1, -0.05) is 12.1 Å². The van der Waals surface area contributed by atoms with Gasteiger partial charge in [-0.05, 0) is 36.8 Å². The molecule has 0 unspecified atom stereocenters. The fraction of sp³-hybridized carbons (Fsp3) is 0.231. The Morgan fingerprint density at radius 3 is 2.31 bits per heavy atom. The minimum Gasteiger partial charge on any atom is -0.497 e. The lowest BCUT2D eigenvalue weighted by atomic mass is 10.1. The van der Waals surface area contributed by atoms with E-state index in [1.54, 1.807) is 18.4 Å². The van der Waals surface area contributed by atoms with E-state index in [9.17, 15) is 5.11 Å². The van der Waals surface area contributed by atoms with Gasteiger partial charge in [0.1, 0.15) is 11.9 Å². The standard InChI is InChI=1S/C13H14O2S/c1-9-3-8-12(16-9)13(14)10-4-6-11(15-2)7-5-10/h3-8,13-14H,1-2H3/t13-/m0/s1. The summed E-state index contributed by atoms with van der Waals surface area (Å²) in [6.45, 7) is 2.04. The van der Waals surface area contributed by atoms with Crippen LogP contribution in [0.1, 0.15) is 21.4 Å². The van der Waals surface area contributed by atoms with E-state index in [2.05, 4.69) is 0 Å². The van der Waals surface area contributed by atoms with Gasteiger partial charge in [-0.15, -0.1) is 11.3 Å². The van der Waals surface area contributed by atoms with Crippen molar-refractivity contribution in [3.05, 3.63) is 51.7 Å². The molecule has 1 atom stereocenters. The fourth-order valence-corrected chi connectivity index (χ4v) is 2.44. The summed E-state index contributed by atoms with van der Waals surface area (Å²) < 4.78 is 5.08. The quantitative estimate of drug-likeness (QED) is 0.884. The largest absolute Gasteiger partial charge is 0.497 e. The van der Waals surface area contributed by atoms with Gasteiger partial charge in [0.05, 0.1) is 7.11 Å². The van der Waals surface area contributed by atoms with Crippen LogP contribution >= 0.6 is 11.3 Å². The first kappa shape index (κ1) is 11.2. The molecule has 0 saturated carbocycles. The first-order valence-corrected chi connectivity index (χ1v) is 5.90. The van der Waals surface area contributed by atoms with Crippen LogP contribution in [0.5, 0.6) is 5.75 Å². The van der Waals surface area contributed by atoms with E-state index in [0.717, 1.165) is 16.2 Å². The van der Waals surface area contributed by atoms with Crippen LogP contribution < -0.4 is 4.74 Å². The fourth-order valence-electron chi connectivity index (χ4n) is 1.55. The zero-order valence-electron chi connectivity index (χ0n) is 9.31. The van der Waals surface area contributed by atoms with Crippen LogP contribution in [0.4, 0.5) is 0 Å². The third-order valence-electron chi connectivity index (χ3n) is 2.46. The third kappa shape index (κ3) is 2.26. The zero-order valence-corrected chi connectivity index (χ0v) is 10.1. The molecule has 0 spiro atoms. The van der Waals surface area contributed by atoms with Crippen LogP contribution in [0.2, 0.25) is 0 Å². The molecule has 16 heavy (non-hydrogen) atoms. The first-order valence-electron chi connectivity index (χ1n) is 5.09.